The van der Waals surface area contributed by atoms with Crippen LogP contribution in [-0.2, 0) is 19.1 Å². The third-order valence-corrected chi connectivity index (χ3v) is 5.85. The lowest BCUT2D eigenvalue weighted by Gasteiger charge is -2.23. The van der Waals surface area contributed by atoms with Crippen molar-refractivity contribution in [3.63, 3.8) is 0 Å². The highest BCUT2D eigenvalue weighted by Gasteiger charge is 2.24. The first kappa shape index (κ1) is 21.2. The first-order chi connectivity index (χ1) is 12.5. The van der Waals surface area contributed by atoms with Gasteiger partial charge in [-0.2, -0.15) is 0 Å². The highest BCUT2D eigenvalue weighted by molar-refractivity contribution is 6.29. The molecule has 2 saturated carbocycles. The van der Waals surface area contributed by atoms with Crippen LogP contribution >= 0.6 is 0 Å². The molecule has 0 radical (unpaired) electrons. The summed E-state index contributed by atoms with van der Waals surface area (Å²) in [6, 6.07) is 0. The van der Waals surface area contributed by atoms with Gasteiger partial charge in [-0.1, -0.05) is 64.2 Å². The normalized spacial score (nSPS) is 21.8. The van der Waals surface area contributed by atoms with Crippen LogP contribution in [0.3, 0.4) is 0 Å². The van der Waals surface area contributed by atoms with Gasteiger partial charge in [-0.05, 0) is 37.5 Å². The lowest BCUT2D eigenvalue weighted by atomic mass is 9.86. The van der Waals surface area contributed by atoms with Crippen LogP contribution in [0, 0.1) is 11.8 Å². The summed E-state index contributed by atoms with van der Waals surface area (Å²) in [5, 5.41) is 0. The molecule has 6 heteroatoms. The molecule has 0 aromatic carbocycles. The molecule has 0 saturated heterocycles. The number of carbonyl (C=O) groups is 2. The molecule has 0 bridgehead atoms. The molecular weight excluding hydrogens is 332 g/mol. The Kier molecular flexibility index (Phi) is 9.40. The summed E-state index contributed by atoms with van der Waals surface area (Å²) in [5.74, 6) is -0.745. The number of hydrogen-bond donors (Lipinski definition) is 2. The first-order valence-electron chi connectivity index (χ1n) is 10.5. The molecule has 2 fully saturated rings. The van der Waals surface area contributed by atoms with Crippen LogP contribution in [0.25, 0.3) is 0 Å². The maximum atomic E-state index is 11.8. The van der Waals surface area contributed by atoms with Crippen molar-refractivity contribution in [2.75, 3.05) is 0 Å². The average Bonchev–Trinajstić information content (AvgIpc) is 2.66. The minimum absolute atomic E-state index is 0.581. The van der Waals surface area contributed by atoms with Gasteiger partial charge < -0.3 is 9.47 Å². The topological polar surface area (TPSA) is 105 Å². The van der Waals surface area contributed by atoms with Crippen LogP contribution < -0.4 is 11.5 Å². The summed E-state index contributed by atoms with van der Waals surface area (Å²) in [6.45, 7) is 0. The maximum Gasteiger partial charge on any atom is 0.419 e. The lowest BCUT2D eigenvalue weighted by molar-refractivity contribution is -0.174. The molecule has 2 aliphatic carbocycles. The summed E-state index contributed by atoms with van der Waals surface area (Å²) in [5.41, 5.74) is 11.7. The largest absolute Gasteiger partial charge is 0.438 e. The van der Waals surface area contributed by atoms with Crippen molar-refractivity contribution in [1.82, 2.24) is 0 Å². The summed E-state index contributed by atoms with van der Waals surface area (Å²) in [7, 11) is 0. The van der Waals surface area contributed by atoms with Crippen LogP contribution in [0.5, 0.6) is 0 Å². The second-order valence-electron chi connectivity index (χ2n) is 8.05. The standard InChI is InChI=1S/C20H36N2O4/c21-17(13-11-15-7-3-1-4-8-15)25-19(23)20(24)26-18(22)14-12-16-9-5-2-6-10-16/h15-18H,1-14,21-22H2. The van der Waals surface area contributed by atoms with Crippen LogP contribution in [0.2, 0.25) is 0 Å². The maximum absolute atomic E-state index is 11.8. The Morgan fingerprint density at radius 3 is 1.38 bits per heavy atom. The monoisotopic (exact) mass is 368 g/mol. The molecular formula is C20H36N2O4. The fourth-order valence-corrected chi connectivity index (χ4v) is 4.24. The average molecular weight is 369 g/mol. The van der Waals surface area contributed by atoms with Gasteiger partial charge in [0.2, 0.25) is 0 Å². The molecule has 0 aliphatic heterocycles. The molecule has 0 heterocycles. The van der Waals surface area contributed by atoms with Crippen molar-refractivity contribution >= 4 is 11.9 Å². The van der Waals surface area contributed by atoms with E-state index < -0.39 is 24.4 Å². The van der Waals surface area contributed by atoms with Crippen molar-refractivity contribution in [2.24, 2.45) is 23.3 Å². The van der Waals surface area contributed by atoms with Crippen molar-refractivity contribution in [3.05, 3.63) is 0 Å². The van der Waals surface area contributed by atoms with E-state index in [9.17, 15) is 9.59 Å². The van der Waals surface area contributed by atoms with Gasteiger partial charge in [-0.3, -0.25) is 11.5 Å². The van der Waals surface area contributed by atoms with Crippen molar-refractivity contribution < 1.29 is 19.1 Å². The molecule has 2 rings (SSSR count). The number of carbonyl (C=O) groups excluding carboxylic acids is 2. The zero-order valence-corrected chi connectivity index (χ0v) is 16.0. The van der Waals surface area contributed by atoms with E-state index in [1.165, 1.54) is 64.2 Å². The zero-order valence-electron chi connectivity index (χ0n) is 16.0. The van der Waals surface area contributed by atoms with Gasteiger partial charge in [0.05, 0.1) is 0 Å². The lowest BCUT2D eigenvalue weighted by Crippen LogP contribution is -2.36. The molecule has 0 spiro atoms. The second kappa shape index (κ2) is 11.5. The van der Waals surface area contributed by atoms with Crippen LogP contribution in [0.4, 0.5) is 0 Å². The molecule has 26 heavy (non-hydrogen) atoms. The summed E-state index contributed by atoms with van der Waals surface area (Å²) in [6.07, 6.45) is 14.1. The molecule has 6 nitrogen and oxygen atoms in total. The van der Waals surface area contributed by atoms with E-state index in [4.69, 9.17) is 20.9 Å². The third-order valence-electron chi connectivity index (χ3n) is 5.85. The fourth-order valence-electron chi connectivity index (χ4n) is 4.24. The Morgan fingerprint density at radius 2 is 1.04 bits per heavy atom. The van der Waals surface area contributed by atoms with Gasteiger partial charge in [-0.15, -0.1) is 0 Å². The Morgan fingerprint density at radius 1 is 0.692 bits per heavy atom. The van der Waals surface area contributed by atoms with Gasteiger partial charge in [0.15, 0.2) is 12.5 Å². The molecule has 0 aromatic rings. The Hall–Kier alpha value is -1.14. The van der Waals surface area contributed by atoms with Crippen molar-refractivity contribution in [2.45, 2.75) is 102 Å². The summed E-state index contributed by atoms with van der Waals surface area (Å²) in [4.78, 5) is 23.6. The molecule has 4 N–H and O–H groups in total. The van der Waals surface area contributed by atoms with E-state index in [-0.39, 0.29) is 0 Å². The third kappa shape index (κ3) is 8.04. The number of esters is 2. The van der Waals surface area contributed by atoms with Crippen LogP contribution in [0.15, 0.2) is 0 Å². The van der Waals surface area contributed by atoms with Crippen LogP contribution in [0.1, 0.15) is 89.9 Å². The molecule has 0 aromatic heterocycles. The molecule has 2 unspecified atom stereocenters. The van der Waals surface area contributed by atoms with Gasteiger partial charge >= 0.3 is 11.9 Å². The van der Waals surface area contributed by atoms with Gasteiger partial charge in [0.25, 0.3) is 0 Å². The second-order valence-corrected chi connectivity index (χ2v) is 8.05. The van der Waals surface area contributed by atoms with E-state index in [2.05, 4.69) is 0 Å². The van der Waals surface area contributed by atoms with E-state index in [0.717, 1.165) is 12.8 Å². The molecule has 150 valence electrons. The van der Waals surface area contributed by atoms with Gasteiger partial charge in [0, 0.05) is 0 Å². The predicted octanol–water partition coefficient (Wildman–Crippen LogP) is 3.36. The highest BCUT2D eigenvalue weighted by Crippen LogP contribution is 2.28. The van der Waals surface area contributed by atoms with Crippen LogP contribution in [-0.4, -0.2) is 24.4 Å². The predicted molar refractivity (Wildman–Crippen MR) is 99.8 cm³/mol. The Bertz CT molecular complexity index is 392. The van der Waals surface area contributed by atoms with E-state index in [1.54, 1.807) is 0 Å². The number of ether oxygens (including phenoxy) is 2. The number of hydrogen-bond acceptors (Lipinski definition) is 6. The van der Waals surface area contributed by atoms with Gasteiger partial charge in [0.1, 0.15) is 0 Å². The quantitative estimate of drug-likeness (QED) is 0.387. The molecule has 0 amide bonds. The van der Waals surface area contributed by atoms with Crippen molar-refractivity contribution in [1.29, 1.82) is 0 Å². The number of nitrogens with two attached hydrogens (primary N) is 2. The zero-order chi connectivity index (χ0) is 18.8. The highest BCUT2D eigenvalue weighted by atomic mass is 16.6. The van der Waals surface area contributed by atoms with E-state index in [0.29, 0.717) is 24.7 Å². The SMILES string of the molecule is NC(CCC1CCCCC1)OC(=O)C(=O)OC(N)CCC1CCCCC1. The minimum atomic E-state index is -1.03. The van der Waals surface area contributed by atoms with Crippen molar-refractivity contribution in [3.8, 4) is 0 Å². The van der Waals surface area contributed by atoms with E-state index >= 15 is 0 Å². The molecule has 2 atom stereocenters. The Labute approximate surface area is 157 Å². The molecule has 2 aliphatic rings. The summed E-state index contributed by atoms with van der Waals surface area (Å²) >= 11 is 0. The number of rotatable bonds is 8. The van der Waals surface area contributed by atoms with E-state index in [1.807, 2.05) is 0 Å². The smallest absolute Gasteiger partial charge is 0.419 e. The Balaban J connectivity index is 1.58. The minimum Gasteiger partial charge on any atom is -0.438 e. The van der Waals surface area contributed by atoms with Gasteiger partial charge in [-0.25, -0.2) is 9.59 Å². The fraction of sp³-hybridized carbons (Fsp3) is 0.900. The first-order valence-corrected chi connectivity index (χ1v) is 10.5. The summed E-state index contributed by atoms with van der Waals surface area (Å²) < 4.78 is 10.0.